The number of halogens is 5. The van der Waals surface area contributed by atoms with E-state index in [2.05, 4.69) is 31.9 Å². The molecule has 0 aliphatic rings. The summed E-state index contributed by atoms with van der Waals surface area (Å²) in [5.74, 6) is -0.243. The number of ketones is 1. The van der Waals surface area contributed by atoms with Gasteiger partial charge in [-0.1, -0.05) is 28.1 Å². The fourth-order valence-electron chi connectivity index (χ4n) is 1.17. The fraction of sp³-hybridized carbons (Fsp3) is 0.300. The molecule has 1 nitrogen and oxygen atoms in total. The average Bonchev–Trinajstić information content (AvgIpc) is 2.18. The number of thioether (sulfide) groups is 1. The van der Waals surface area contributed by atoms with E-state index in [-0.39, 0.29) is 22.4 Å². The smallest absolute Gasteiger partial charge is 0.298 e. The Labute approximate surface area is 117 Å². The maximum Gasteiger partial charge on any atom is 0.446 e. The van der Waals surface area contributed by atoms with Crippen LogP contribution in [0.4, 0.5) is 13.2 Å². The van der Waals surface area contributed by atoms with E-state index in [0.29, 0.717) is 10.0 Å². The summed E-state index contributed by atoms with van der Waals surface area (Å²) in [5.41, 5.74) is -4.07. The highest BCUT2D eigenvalue weighted by Gasteiger charge is 2.32. The summed E-state index contributed by atoms with van der Waals surface area (Å²) in [5, 5.41) is 0. The number of carbonyl (C=O) groups excluding carboxylic acids is 1. The third kappa shape index (κ3) is 4.30. The van der Waals surface area contributed by atoms with Gasteiger partial charge in [0.15, 0.2) is 0 Å². The number of alkyl halides is 4. The molecule has 0 fully saturated rings. The van der Waals surface area contributed by atoms with Gasteiger partial charge in [0.1, 0.15) is 5.78 Å². The summed E-state index contributed by atoms with van der Waals surface area (Å²) in [6.07, 6.45) is 0. The molecule has 1 atom stereocenters. The van der Waals surface area contributed by atoms with Crippen LogP contribution in [-0.4, -0.2) is 11.3 Å². The van der Waals surface area contributed by atoms with Crippen molar-refractivity contribution in [2.24, 2.45) is 0 Å². The standard InChI is InChI=1S/C10H7Br2F3OS/c1-5(16)8(12)6-3-2-4-7(11)9(6)17-10(13,14)15/h2-4,8H,1H3. The number of Topliss-reactive ketones (excluding diaryl/α,β-unsaturated/α-hetero) is 1. The maximum absolute atomic E-state index is 12.4. The molecule has 0 saturated heterocycles. The van der Waals surface area contributed by atoms with Gasteiger partial charge in [0.2, 0.25) is 0 Å². The molecule has 7 heteroatoms. The lowest BCUT2D eigenvalue weighted by Crippen LogP contribution is -2.06. The molecule has 0 bridgehead atoms. The van der Waals surface area contributed by atoms with Crippen molar-refractivity contribution in [1.29, 1.82) is 0 Å². The summed E-state index contributed by atoms with van der Waals surface area (Å²) >= 11 is 5.93. The lowest BCUT2D eigenvalue weighted by Gasteiger charge is -2.15. The maximum atomic E-state index is 12.4. The van der Waals surface area contributed by atoms with Crippen molar-refractivity contribution in [1.82, 2.24) is 0 Å². The number of benzene rings is 1. The van der Waals surface area contributed by atoms with E-state index < -0.39 is 10.3 Å². The number of rotatable bonds is 3. The van der Waals surface area contributed by atoms with E-state index in [0.717, 1.165) is 0 Å². The highest BCUT2D eigenvalue weighted by molar-refractivity contribution is 9.10. The Morgan fingerprint density at radius 3 is 2.47 bits per heavy atom. The van der Waals surface area contributed by atoms with Crippen molar-refractivity contribution < 1.29 is 18.0 Å². The van der Waals surface area contributed by atoms with Gasteiger partial charge in [0.25, 0.3) is 0 Å². The quantitative estimate of drug-likeness (QED) is 0.527. The average molecular weight is 392 g/mol. The predicted molar refractivity (Wildman–Crippen MR) is 68.4 cm³/mol. The summed E-state index contributed by atoms with van der Waals surface area (Å²) in [4.78, 5) is 10.5. The van der Waals surface area contributed by atoms with Crippen LogP contribution in [0.3, 0.4) is 0 Å². The molecule has 0 aromatic heterocycles. The van der Waals surface area contributed by atoms with Gasteiger partial charge in [-0.2, -0.15) is 13.2 Å². The first-order valence-electron chi connectivity index (χ1n) is 4.41. The van der Waals surface area contributed by atoms with Crippen molar-refractivity contribution in [2.75, 3.05) is 0 Å². The minimum Gasteiger partial charge on any atom is -0.298 e. The monoisotopic (exact) mass is 390 g/mol. The topological polar surface area (TPSA) is 17.1 Å². The largest absolute Gasteiger partial charge is 0.446 e. The highest BCUT2D eigenvalue weighted by Crippen LogP contribution is 2.45. The van der Waals surface area contributed by atoms with Crippen molar-refractivity contribution in [3.05, 3.63) is 28.2 Å². The third-order valence-corrected chi connectivity index (χ3v) is 4.80. The molecule has 0 aliphatic carbocycles. The molecule has 0 heterocycles. The molecule has 1 rings (SSSR count). The minimum absolute atomic E-state index is 0.0112. The van der Waals surface area contributed by atoms with Gasteiger partial charge in [-0.15, -0.1) is 0 Å². The number of carbonyl (C=O) groups is 1. The normalized spacial score (nSPS) is 13.5. The van der Waals surface area contributed by atoms with Gasteiger partial charge in [0, 0.05) is 9.37 Å². The highest BCUT2D eigenvalue weighted by atomic mass is 79.9. The molecule has 1 unspecified atom stereocenters. The Bertz CT molecular complexity index is 434. The Hall–Kier alpha value is -0.0100. The van der Waals surface area contributed by atoms with Crippen LogP contribution in [0, 0.1) is 0 Å². The second-order valence-electron chi connectivity index (χ2n) is 3.18. The molecule has 0 N–H and O–H groups in total. The summed E-state index contributed by atoms with van der Waals surface area (Å²) in [7, 11) is 0. The number of hydrogen-bond donors (Lipinski definition) is 0. The van der Waals surface area contributed by atoms with E-state index in [1.165, 1.54) is 19.1 Å². The van der Waals surface area contributed by atoms with E-state index in [1.54, 1.807) is 6.07 Å². The van der Waals surface area contributed by atoms with Gasteiger partial charge >= 0.3 is 5.51 Å². The van der Waals surface area contributed by atoms with Gasteiger partial charge in [-0.05, 0) is 46.2 Å². The van der Waals surface area contributed by atoms with Crippen LogP contribution >= 0.6 is 43.6 Å². The molecule has 0 amide bonds. The van der Waals surface area contributed by atoms with Crippen LogP contribution in [-0.2, 0) is 4.79 Å². The van der Waals surface area contributed by atoms with E-state index in [9.17, 15) is 18.0 Å². The molecule has 0 radical (unpaired) electrons. The molecule has 0 spiro atoms. The zero-order valence-electron chi connectivity index (χ0n) is 8.52. The van der Waals surface area contributed by atoms with Crippen LogP contribution in [0.25, 0.3) is 0 Å². The number of hydrogen-bond acceptors (Lipinski definition) is 2. The van der Waals surface area contributed by atoms with Crippen LogP contribution in [0.15, 0.2) is 27.6 Å². The van der Waals surface area contributed by atoms with Crippen LogP contribution in [0.5, 0.6) is 0 Å². The van der Waals surface area contributed by atoms with Gasteiger partial charge in [-0.3, -0.25) is 4.79 Å². The zero-order valence-corrected chi connectivity index (χ0v) is 12.5. The Balaban J connectivity index is 3.22. The first-order chi connectivity index (χ1) is 7.72. The van der Waals surface area contributed by atoms with Gasteiger partial charge in [-0.25, -0.2) is 0 Å². The first kappa shape index (κ1) is 15.0. The van der Waals surface area contributed by atoms with Crippen LogP contribution in [0.1, 0.15) is 17.3 Å². The van der Waals surface area contributed by atoms with Gasteiger partial charge < -0.3 is 0 Å². The molecule has 0 saturated carbocycles. The predicted octanol–water partition coefficient (Wildman–Crippen LogP) is 5.09. The summed E-state index contributed by atoms with van der Waals surface area (Å²) in [6.45, 7) is 1.32. The van der Waals surface area contributed by atoms with Crippen LogP contribution in [0.2, 0.25) is 0 Å². The van der Waals surface area contributed by atoms with Crippen molar-refractivity contribution >= 4 is 49.4 Å². The summed E-state index contributed by atoms with van der Waals surface area (Å²) < 4.78 is 37.5. The first-order valence-corrected chi connectivity index (χ1v) is 6.93. The molecule has 17 heavy (non-hydrogen) atoms. The zero-order chi connectivity index (χ0) is 13.2. The molecular formula is C10H7Br2F3OS. The Morgan fingerprint density at radius 2 is 2.00 bits per heavy atom. The molecule has 1 aromatic carbocycles. The lowest BCUT2D eigenvalue weighted by atomic mass is 10.1. The van der Waals surface area contributed by atoms with Crippen molar-refractivity contribution in [3.8, 4) is 0 Å². The molecule has 1 aromatic rings. The Morgan fingerprint density at radius 1 is 1.41 bits per heavy atom. The second kappa shape index (κ2) is 5.75. The van der Waals surface area contributed by atoms with Gasteiger partial charge in [0.05, 0.1) is 4.83 Å². The SMILES string of the molecule is CC(=O)C(Br)c1cccc(Br)c1SC(F)(F)F. The third-order valence-electron chi connectivity index (χ3n) is 1.85. The van der Waals surface area contributed by atoms with Crippen molar-refractivity contribution in [3.63, 3.8) is 0 Å². The molecule has 0 aliphatic heterocycles. The fourth-order valence-corrected chi connectivity index (χ4v) is 3.03. The minimum atomic E-state index is -4.39. The van der Waals surface area contributed by atoms with E-state index in [1.807, 2.05) is 0 Å². The lowest BCUT2D eigenvalue weighted by molar-refractivity contribution is -0.116. The molecular weight excluding hydrogens is 385 g/mol. The Kier molecular flexibility index (Phi) is 5.09. The van der Waals surface area contributed by atoms with E-state index >= 15 is 0 Å². The molecule has 94 valence electrons. The summed E-state index contributed by atoms with van der Waals surface area (Å²) in [6, 6.07) is 4.61. The van der Waals surface area contributed by atoms with Crippen LogP contribution < -0.4 is 0 Å². The second-order valence-corrected chi connectivity index (χ2v) is 6.02. The van der Waals surface area contributed by atoms with E-state index in [4.69, 9.17) is 0 Å². The van der Waals surface area contributed by atoms with Crippen molar-refractivity contribution in [2.45, 2.75) is 22.2 Å².